The van der Waals surface area contributed by atoms with Gasteiger partial charge in [0.1, 0.15) is 0 Å². The highest BCUT2D eigenvalue weighted by Crippen LogP contribution is 2.12. The molecule has 0 fully saturated rings. The van der Waals surface area contributed by atoms with Crippen molar-refractivity contribution in [3.05, 3.63) is 23.8 Å². The van der Waals surface area contributed by atoms with Crippen LogP contribution in [0.5, 0.6) is 0 Å². The van der Waals surface area contributed by atoms with Crippen molar-refractivity contribution in [3.63, 3.8) is 0 Å². The minimum atomic E-state index is -2.28. The van der Waals surface area contributed by atoms with E-state index in [1.54, 1.807) is 0 Å². The third-order valence-electron chi connectivity index (χ3n) is 4.20. The zero-order chi connectivity index (χ0) is 23.6. The van der Waals surface area contributed by atoms with E-state index in [1.807, 2.05) is 0 Å². The number of nitrogens with two attached hydrogens (primary N) is 3. The van der Waals surface area contributed by atoms with Crippen LogP contribution >= 0.6 is 0 Å². The number of nitrogens with one attached hydrogen (secondary N) is 2. The van der Waals surface area contributed by atoms with Gasteiger partial charge < -0.3 is 42.8 Å². The Balaban J connectivity index is 2.53. The fourth-order valence-electron chi connectivity index (χ4n) is 2.62. The Morgan fingerprint density at radius 2 is 1.74 bits per heavy atom. The molecule has 172 valence electrons. The smallest absolute Gasteiger partial charge is 0.423 e. The van der Waals surface area contributed by atoms with Gasteiger partial charge in [0.05, 0.1) is 12.6 Å². The van der Waals surface area contributed by atoms with Crippen molar-refractivity contribution < 1.29 is 33.2 Å². The molecule has 1 unspecified atom stereocenters. The van der Waals surface area contributed by atoms with Gasteiger partial charge in [-0.15, -0.1) is 0 Å². The Kier molecular flexibility index (Phi) is 11.0. The van der Waals surface area contributed by atoms with Crippen LogP contribution in [0.25, 0.3) is 0 Å². The maximum absolute atomic E-state index is 13.5. The average Bonchev–Trinajstić information content (AvgIpc) is 2.71. The van der Waals surface area contributed by atoms with Crippen LogP contribution < -0.4 is 33.3 Å². The first-order valence-corrected chi connectivity index (χ1v) is 9.46. The molecule has 0 saturated heterocycles. The monoisotopic (exact) mass is 444 g/mol. The van der Waals surface area contributed by atoms with Crippen molar-refractivity contribution >= 4 is 36.0 Å². The van der Waals surface area contributed by atoms with Crippen molar-refractivity contribution in [3.8, 4) is 0 Å². The Labute approximate surface area is 178 Å². The van der Waals surface area contributed by atoms with Gasteiger partial charge >= 0.3 is 7.12 Å². The van der Waals surface area contributed by atoms with E-state index in [2.05, 4.69) is 10.6 Å². The molecule has 0 spiro atoms. The van der Waals surface area contributed by atoms with Crippen molar-refractivity contribution in [2.75, 3.05) is 38.0 Å². The maximum Gasteiger partial charge on any atom is 0.491 e. The number of nitrogens with zero attached hydrogens (tertiary/aromatic N) is 1. The molecular formula is C17H27BF2N6O5. The van der Waals surface area contributed by atoms with Crippen LogP contribution in [-0.2, 0) is 14.4 Å². The minimum Gasteiger partial charge on any atom is -0.423 e. The van der Waals surface area contributed by atoms with Gasteiger partial charge in [0.2, 0.25) is 17.7 Å². The second-order valence-corrected chi connectivity index (χ2v) is 6.60. The van der Waals surface area contributed by atoms with Gasteiger partial charge in [-0.05, 0) is 12.5 Å². The molecule has 0 saturated carbocycles. The summed E-state index contributed by atoms with van der Waals surface area (Å²) < 4.78 is 27.0. The summed E-state index contributed by atoms with van der Waals surface area (Å²) in [7, 11) is -2.28. The van der Waals surface area contributed by atoms with Crippen LogP contribution in [-0.4, -0.2) is 78.6 Å². The Hall–Kier alpha value is -2.65. The molecule has 0 bridgehead atoms. The highest BCUT2D eigenvalue weighted by atomic mass is 19.2. The van der Waals surface area contributed by atoms with Crippen LogP contribution in [0.1, 0.15) is 12.8 Å². The van der Waals surface area contributed by atoms with E-state index in [0.717, 1.165) is 6.07 Å². The second kappa shape index (κ2) is 12.9. The first-order chi connectivity index (χ1) is 14.6. The molecule has 0 aromatic heterocycles. The minimum absolute atomic E-state index is 0.0120. The van der Waals surface area contributed by atoms with Gasteiger partial charge in [0.15, 0.2) is 11.6 Å². The Bertz CT molecular complexity index is 780. The SMILES string of the molecule is NCCN(CCN)C(=O)CCC(N)C(=O)NCC(=O)Nc1cc(F)c(F)c(B(O)O)c1. The van der Waals surface area contributed by atoms with E-state index in [1.165, 1.54) is 4.90 Å². The molecule has 0 heterocycles. The molecule has 31 heavy (non-hydrogen) atoms. The topological polar surface area (TPSA) is 197 Å². The lowest BCUT2D eigenvalue weighted by atomic mass is 9.79. The van der Waals surface area contributed by atoms with Gasteiger partial charge in [-0.3, -0.25) is 14.4 Å². The fourth-order valence-corrected chi connectivity index (χ4v) is 2.62. The highest BCUT2D eigenvalue weighted by molar-refractivity contribution is 6.58. The van der Waals surface area contributed by atoms with Crippen LogP contribution in [0.2, 0.25) is 0 Å². The van der Waals surface area contributed by atoms with E-state index < -0.39 is 48.6 Å². The number of carbonyl (C=O) groups excluding carboxylic acids is 3. The fraction of sp³-hybridized carbons (Fsp3) is 0.471. The van der Waals surface area contributed by atoms with Crippen molar-refractivity contribution in [1.82, 2.24) is 10.2 Å². The molecule has 3 amide bonds. The normalized spacial score (nSPS) is 11.6. The Morgan fingerprint density at radius 3 is 2.29 bits per heavy atom. The van der Waals surface area contributed by atoms with Gasteiger partial charge in [-0.25, -0.2) is 8.78 Å². The third-order valence-corrected chi connectivity index (χ3v) is 4.20. The lowest BCUT2D eigenvalue weighted by Gasteiger charge is -2.22. The average molecular weight is 444 g/mol. The van der Waals surface area contributed by atoms with E-state index >= 15 is 0 Å². The molecule has 1 aromatic rings. The molecule has 10 N–H and O–H groups in total. The molecule has 0 aliphatic heterocycles. The number of rotatable bonds is 12. The van der Waals surface area contributed by atoms with Crippen LogP contribution in [0.3, 0.4) is 0 Å². The summed E-state index contributed by atoms with van der Waals surface area (Å²) in [5, 5.41) is 22.5. The summed E-state index contributed by atoms with van der Waals surface area (Å²) in [5.41, 5.74) is 15.6. The maximum atomic E-state index is 13.5. The van der Waals surface area contributed by atoms with Crippen LogP contribution in [0.15, 0.2) is 12.1 Å². The molecule has 0 aliphatic rings. The van der Waals surface area contributed by atoms with Crippen molar-refractivity contribution in [1.29, 1.82) is 0 Å². The van der Waals surface area contributed by atoms with Gasteiger partial charge in [-0.1, -0.05) is 0 Å². The summed E-state index contributed by atoms with van der Waals surface area (Å²) in [6.07, 6.45) is 0.0146. The molecule has 11 nitrogen and oxygen atoms in total. The molecular weight excluding hydrogens is 417 g/mol. The molecule has 14 heteroatoms. The number of benzene rings is 1. The van der Waals surface area contributed by atoms with E-state index in [9.17, 15) is 23.2 Å². The number of hydrogen-bond donors (Lipinski definition) is 7. The molecule has 1 aromatic carbocycles. The largest absolute Gasteiger partial charge is 0.491 e. The molecule has 1 atom stereocenters. The number of amides is 3. The predicted molar refractivity (Wildman–Crippen MR) is 110 cm³/mol. The van der Waals surface area contributed by atoms with Gasteiger partial charge in [-0.2, -0.15) is 0 Å². The number of carbonyl (C=O) groups is 3. The quantitative estimate of drug-likeness (QED) is 0.162. The summed E-state index contributed by atoms with van der Waals surface area (Å²) in [6, 6.07) is 0.426. The van der Waals surface area contributed by atoms with E-state index in [-0.39, 0.29) is 37.5 Å². The van der Waals surface area contributed by atoms with Crippen LogP contribution in [0.4, 0.5) is 14.5 Å². The lowest BCUT2D eigenvalue weighted by molar-refractivity contribution is -0.131. The number of anilines is 1. The Morgan fingerprint density at radius 1 is 1.13 bits per heavy atom. The van der Waals surface area contributed by atoms with Gasteiger partial charge in [0.25, 0.3) is 0 Å². The zero-order valence-electron chi connectivity index (χ0n) is 16.8. The second-order valence-electron chi connectivity index (χ2n) is 6.60. The predicted octanol–water partition coefficient (Wildman–Crippen LogP) is -3.45. The highest BCUT2D eigenvalue weighted by Gasteiger charge is 2.22. The summed E-state index contributed by atoms with van der Waals surface area (Å²) >= 11 is 0. The van der Waals surface area contributed by atoms with Crippen molar-refractivity contribution in [2.45, 2.75) is 18.9 Å². The van der Waals surface area contributed by atoms with E-state index in [0.29, 0.717) is 19.2 Å². The first kappa shape index (κ1) is 26.4. The van der Waals surface area contributed by atoms with E-state index in [4.69, 9.17) is 27.2 Å². The third kappa shape index (κ3) is 8.55. The number of hydrogen-bond acceptors (Lipinski definition) is 8. The summed E-state index contributed by atoms with van der Waals surface area (Å²) in [6.45, 7) is 0.657. The first-order valence-electron chi connectivity index (χ1n) is 9.46. The standard InChI is InChI=1S/C17H27BF2N6O5/c19-12-8-10(7-11(16(12)20)18(30)31)25-14(27)9-24-17(29)13(23)1-2-15(28)26(5-3-21)6-4-22/h7-8,13,30-31H,1-6,9,21-23H2,(H,24,29)(H,25,27). The number of halogens is 2. The van der Waals surface area contributed by atoms with Crippen molar-refractivity contribution in [2.24, 2.45) is 17.2 Å². The zero-order valence-corrected chi connectivity index (χ0v) is 16.8. The van der Waals surface area contributed by atoms with Crippen LogP contribution in [0, 0.1) is 11.6 Å². The van der Waals surface area contributed by atoms with Gasteiger partial charge in [0, 0.05) is 49.8 Å². The molecule has 1 rings (SSSR count). The molecule has 0 aliphatic carbocycles. The molecule has 0 radical (unpaired) electrons. The summed E-state index contributed by atoms with van der Waals surface area (Å²) in [4.78, 5) is 37.5. The lowest BCUT2D eigenvalue weighted by Crippen LogP contribution is -2.45. The summed E-state index contributed by atoms with van der Waals surface area (Å²) in [5.74, 6) is -4.59.